The zero-order valence-corrected chi connectivity index (χ0v) is 16.4. The molecule has 0 spiro atoms. The van der Waals surface area contributed by atoms with Gasteiger partial charge in [-0.25, -0.2) is 31.9 Å². The van der Waals surface area contributed by atoms with Crippen molar-refractivity contribution in [3.8, 4) is 0 Å². The van der Waals surface area contributed by atoms with E-state index < -0.39 is 42.1 Å². The lowest BCUT2D eigenvalue weighted by molar-refractivity contribution is -0.116. The summed E-state index contributed by atoms with van der Waals surface area (Å²) in [5, 5.41) is 8.65. The van der Waals surface area contributed by atoms with Crippen LogP contribution < -0.4 is 15.5 Å². The van der Waals surface area contributed by atoms with Gasteiger partial charge < -0.3 is 15.5 Å². The highest BCUT2D eigenvalue weighted by Crippen LogP contribution is 2.41. The number of urea groups is 1. The van der Waals surface area contributed by atoms with Gasteiger partial charge in [0.2, 0.25) is 0 Å². The van der Waals surface area contributed by atoms with Crippen molar-refractivity contribution < 1.29 is 27.2 Å². The lowest BCUT2D eigenvalue weighted by Crippen LogP contribution is -2.33. The summed E-state index contributed by atoms with van der Waals surface area (Å²) in [6, 6.07) is 1.80. The zero-order valence-electron chi connectivity index (χ0n) is 16.4. The van der Waals surface area contributed by atoms with Gasteiger partial charge in [-0.1, -0.05) is 0 Å². The Morgan fingerprint density at radius 2 is 2.00 bits per heavy atom. The quantitative estimate of drug-likeness (QED) is 0.599. The Bertz CT molecular complexity index is 1250. The summed E-state index contributed by atoms with van der Waals surface area (Å²) in [5.41, 5.74) is 0.388. The Hall–Kier alpha value is -3.70. The first kappa shape index (κ1) is 20.2. The number of benzene rings is 1. The fourth-order valence-corrected chi connectivity index (χ4v) is 3.77. The van der Waals surface area contributed by atoms with E-state index in [1.165, 1.54) is 16.9 Å². The molecule has 2 aromatic heterocycles. The van der Waals surface area contributed by atoms with Crippen molar-refractivity contribution in [1.82, 2.24) is 19.9 Å². The van der Waals surface area contributed by atoms with Crippen LogP contribution in [0.4, 0.5) is 33.9 Å². The highest BCUT2D eigenvalue weighted by molar-refractivity contribution is 5.93. The summed E-state index contributed by atoms with van der Waals surface area (Å²) >= 11 is 0. The molecule has 12 heteroatoms. The van der Waals surface area contributed by atoms with Gasteiger partial charge in [-0.3, -0.25) is 4.79 Å². The zero-order chi connectivity index (χ0) is 22.6. The van der Waals surface area contributed by atoms with Crippen molar-refractivity contribution in [3.05, 3.63) is 53.9 Å². The van der Waals surface area contributed by atoms with Crippen molar-refractivity contribution >= 4 is 29.0 Å². The first-order chi connectivity index (χ1) is 15.2. The Labute approximate surface area is 178 Å². The minimum absolute atomic E-state index is 0.0182. The third kappa shape index (κ3) is 3.61. The normalized spacial score (nSPS) is 21.8. The molecule has 1 aliphatic carbocycles. The van der Waals surface area contributed by atoms with E-state index in [-0.39, 0.29) is 41.5 Å². The van der Waals surface area contributed by atoms with Crippen LogP contribution in [0.25, 0.3) is 5.65 Å². The second-order valence-electron chi connectivity index (χ2n) is 7.78. The van der Waals surface area contributed by atoms with Gasteiger partial charge in [-0.15, -0.1) is 0 Å². The molecule has 2 fully saturated rings. The van der Waals surface area contributed by atoms with E-state index in [1.807, 2.05) is 0 Å². The lowest BCUT2D eigenvalue weighted by Gasteiger charge is -2.25. The monoisotopic (exact) mass is 448 g/mol. The summed E-state index contributed by atoms with van der Waals surface area (Å²) in [4.78, 5) is 30.2. The number of amides is 2. The number of alkyl halides is 2. The molecule has 32 heavy (non-hydrogen) atoms. The Morgan fingerprint density at radius 3 is 2.75 bits per heavy atom. The fourth-order valence-electron chi connectivity index (χ4n) is 3.77. The highest BCUT2D eigenvalue weighted by atomic mass is 19.3. The van der Waals surface area contributed by atoms with Crippen LogP contribution in [0.1, 0.15) is 24.4 Å². The number of Topliss-reactive ketones (excluding diaryl/α,β-unsaturated/α-hetero) is 1. The summed E-state index contributed by atoms with van der Waals surface area (Å²) in [6.45, 7) is -0.0576. The van der Waals surface area contributed by atoms with Crippen LogP contribution in [0.3, 0.4) is 0 Å². The van der Waals surface area contributed by atoms with Crippen molar-refractivity contribution in [3.63, 3.8) is 0 Å². The van der Waals surface area contributed by atoms with Crippen LogP contribution in [0, 0.1) is 11.6 Å². The number of rotatable bonds is 4. The van der Waals surface area contributed by atoms with E-state index in [0.29, 0.717) is 0 Å². The maximum absolute atomic E-state index is 14.4. The van der Waals surface area contributed by atoms with Gasteiger partial charge in [0, 0.05) is 24.6 Å². The van der Waals surface area contributed by atoms with Gasteiger partial charge in [-0.2, -0.15) is 5.10 Å². The maximum atomic E-state index is 14.4. The molecule has 2 N–H and O–H groups in total. The predicted molar refractivity (Wildman–Crippen MR) is 105 cm³/mol. The van der Waals surface area contributed by atoms with Crippen LogP contribution in [-0.2, 0) is 4.79 Å². The van der Waals surface area contributed by atoms with Gasteiger partial charge in [0.15, 0.2) is 11.4 Å². The van der Waals surface area contributed by atoms with E-state index in [0.717, 1.165) is 18.2 Å². The van der Waals surface area contributed by atoms with Crippen LogP contribution in [0.5, 0.6) is 0 Å². The molecule has 5 rings (SSSR count). The largest absolute Gasteiger partial charge is 0.342 e. The summed E-state index contributed by atoms with van der Waals surface area (Å²) in [6.07, 6.45) is 2.39. The molecule has 1 unspecified atom stereocenters. The minimum atomic E-state index is -2.91. The molecule has 1 aliphatic heterocycles. The van der Waals surface area contributed by atoms with Crippen molar-refractivity contribution in [2.45, 2.75) is 30.8 Å². The molecule has 166 valence electrons. The molecule has 8 nitrogen and oxygen atoms in total. The third-order valence-electron chi connectivity index (χ3n) is 5.49. The predicted octanol–water partition coefficient (Wildman–Crippen LogP) is 3.06. The molecule has 1 aromatic carbocycles. The number of nitrogens with zero attached hydrogens (tertiary/aromatic N) is 4. The summed E-state index contributed by atoms with van der Waals surface area (Å²) in [7, 11) is 0. The number of ketones is 1. The Kier molecular flexibility index (Phi) is 4.53. The van der Waals surface area contributed by atoms with E-state index in [9.17, 15) is 27.2 Å². The van der Waals surface area contributed by atoms with E-state index in [2.05, 4.69) is 20.7 Å². The minimum Gasteiger partial charge on any atom is -0.342 e. The molecule has 3 heterocycles. The number of nitrogens with one attached hydrogen (secondary N) is 2. The van der Waals surface area contributed by atoms with Gasteiger partial charge in [-0.05, 0) is 24.3 Å². The van der Waals surface area contributed by atoms with Crippen LogP contribution in [-0.4, -0.2) is 44.9 Å². The molecule has 3 aromatic rings. The van der Waals surface area contributed by atoms with E-state index >= 15 is 0 Å². The fraction of sp³-hybridized carbons (Fsp3) is 0.300. The maximum Gasteiger partial charge on any atom is 0.319 e. The van der Waals surface area contributed by atoms with E-state index in [1.54, 1.807) is 11.0 Å². The molecule has 0 bridgehead atoms. The highest BCUT2D eigenvalue weighted by Gasteiger charge is 2.58. The number of halogens is 4. The third-order valence-corrected chi connectivity index (χ3v) is 5.49. The molecular formula is C20H16F4N6O2. The van der Waals surface area contributed by atoms with Crippen LogP contribution in [0.2, 0.25) is 0 Å². The number of aromatic nitrogens is 3. The van der Waals surface area contributed by atoms with Gasteiger partial charge in [0.1, 0.15) is 29.2 Å². The second kappa shape index (κ2) is 7.18. The van der Waals surface area contributed by atoms with Crippen LogP contribution >= 0.6 is 0 Å². The summed E-state index contributed by atoms with van der Waals surface area (Å²) < 4.78 is 55.5. The Balaban J connectivity index is 1.43. The Morgan fingerprint density at radius 1 is 1.22 bits per heavy atom. The SMILES string of the molecule is O=C1C[C@H](c2cc(F)ccc2F)N(c2ccn3ncc(NC(=O)NC4CC4(F)F)c3n2)C1. The number of fused-ring (bicyclic) bond motifs is 1. The van der Waals surface area contributed by atoms with Crippen molar-refractivity contribution in [1.29, 1.82) is 0 Å². The molecule has 1 saturated heterocycles. The number of hydrogen-bond acceptors (Lipinski definition) is 5. The number of hydrogen-bond donors (Lipinski definition) is 2. The van der Waals surface area contributed by atoms with Crippen molar-refractivity contribution in [2.24, 2.45) is 0 Å². The van der Waals surface area contributed by atoms with Crippen molar-refractivity contribution in [2.75, 3.05) is 16.8 Å². The number of anilines is 2. The topological polar surface area (TPSA) is 91.6 Å². The second-order valence-corrected chi connectivity index (χ2v) is 7.78. The first-order valence-electron chi connectivity index (χ1n) is 9.74. The van der Waals surface area contributed by atoms with Crippen LogP contribution in [0.15, 0.2) is 36.7 Å². The molecule has 2 aliphatic rings. The molecule has 0 radical (unpaired) electrons. The summed E-state index contributed by atoms with van der Waals surface area (Å²) in [5.74, 6) is -4.06. The van der Waals surface area contributed by atoms with Gasteiger partial charge >= 0.3 is 6.03 Å². The molecule has 1 saturated carbocycles. The molecular weight excluding hydrogens is 432 g/mol. The number of carbonyl (C=O) groups excluding carboxylic acids is 2. The smallest absolute Gasteiger partial charge is 0.319 e. The molecule has 2 atom stereocenters. The average molecular weight is 448 g/mol. The number of carbonyl (C=O) groups is 2. The molecule has 2 amide bonds. The standard InChI is InChI=1S/C20H16F4N6O2/c21-10-1-2-13(22)12(5-10)15-6-11(31)9-29(15)17-3-4-30-18(28-17)14(8-25-30)26-19(32)27-16-7-20(16,23)24/h1-5,8,15-16H,6-7,9H2,(H2,26,27,32)/t15-,16?/m1/s1. The average Bonchev–Trinajstić information content (AvgIpc) is 3.06. The lowest BCUT2D eigenvalue weighted by atomic mass is 10.0. The van der Waals surface area contributed by atoms with Gasteiger partial charge in [0.05, 0.1) is 18.8 Å². The first-order valence-corrected chi connectivity index (χ1v) is 9.74. The van der Waals surface area contributed by atoms with E-state index in [4.69, 9.17) is 0 Å². The van der Waals surface area contributed by atoms with Gasteiger partial charge in [0.25, 0.3) is 5.92 Å².